The zero-order valence-corrected chi connectivity index (χ0v) is 17.0. The Morgan fingerprint density at radius 1 is 1.18 bits per heavy atom. The van der Waals surface area contributed by atoms with Crippen molar-refractivity contribution in [1.82, 2.24) is 24.5 Å². The average molecular weight is 414 g/mol. The van der Waals surface area contributed by atoms with E-state index in [9.17, 15) is 0 Å². The molecule has 22 heavy (non-hydrogen) atoms. The number of aryl methyl sites for hydroxylation is 4. The second kappa shape index (κ2) is 8.25. The minimum Gasteiger partial charge on any atom is -0.364 e. The van der Waals surface area contributed by atoms with E-state index >= 15 is 0 Å². The summed E-state index contributed by atoms with van der Waals surface area (Å²) in [6.07, 6.45) is 3.43. The van der Waals surface area contributed by atoms with Crippen LogP contribution in [0.25, 0.3) is 11.2 Å². The van der Waals surface area contributed by atoms with Crippen molar-refractivity contribution in [3.63, 3.8) is 0 Å². The van der Waals surface area contributed by atoms with Crippen molar-refractivity contribution in [1.29, 1.82) is 0 Å². The van der Waals surface area contributed by atoms with Crippen LogP contribution in [0.4, 0.5) is 0 Å². The SMILES string of the molecule is Cc1nc(Cl)[c-]c[n+]1C.Cc1nc(Cl)c2ncn(C)c2n1.[Y]. The van der Waals surface area contributed by atoms with Gasteiger partial charge in [0, 0.05) is 46.7 Å². The maximum Gasteiger partial charge on any atom is 0.290 e. The Morgan fingerprint density at radius 3 is 2.45 bits per heavy atom. The molecular formula is C13H14Cl2N6Y. The summed E-state index contributed by atoms with van der Waals surface area (Å²) in [6.45, 7) is 3.69. The maximum atomic E-state index is 5.85. The van der Waals surface area contributed by atoms with Gasteiger partial charge in [0.2, 0.25) is 0 Å². The van der Waals surface area contributed by atoms with Gasteiger partial charge < -0.3 is 10.6 Å². The van der Waals surface area contributed by atoms with Gasteiger partial charge >= 0.3 is 0 Å². The predicted octanol–water partition coefficient (Wildman–Crippen LogP) is 1.99. The van der Waals surface area contributed by atoms with Crippen LogP contribution in [0.5, 0.6) is 0 Å². The van der Waals surface area contributed by atoms with E-state index in [4.69, 9.17) is 23.2 Å². The summed E-state index contributed by atoms with van der Waals surface area (Å²) in [5, 5.41) is 0.837. The Morgan fingerprint density at radius 2 is 1.86 bits per heavy atom. The summed E-state index contributed by atoms with van der Waals surface area (Å²) in [7, 11) is 3.77. The summed E-state index contributed by atoms with van der Waals surface area (Å²) in [5.41, 5.74) is 1.43. The van der Waals surface area contributed by atoms with Gasteiger partial charge in [-0.25, -0.2) is 15.0 Å². The van der Waals surface area contributed by atoms with Crippen molar-refractivity contribution >= 4 is 34.4 Å². The van der Waals surface area contributed by atoms with Gasteiger partial charge in [0.25, 0.3) is 5.82 Å². The van der Waals surface area contributed by atoms with Gasteiger partial charge in [-0.3, -0.25) is 4.57 Å². The Balaban J connectivity index is 0.000000219. The van der Waals surface area contributed by atoms with Crippen LogP contribution in [0, 0.1) is 19.9 Å². The largest absolute Gasteiger partial charge is 0.364 e. The van der Waals surface area contributed by atoms with Crippen molar-refractivity contribution in [2.75, 3.05) is 0 Å². The number of hydrogen-bond donors (Lipinski definition) is 0. The molecule has 3 aromatic rings. The first-order chi connectivity index (χ1) is 9.88. The van der Waals surface area contributed by atoms with Crippen LogP contribution in [0.15, 0.2) is 12.5 Å². The molecule has 0 saturated heterocycles. The molecule has 0 fully saturated rings. The topological polar surface area (TPSA) is 60.4 Å². The Labute approximate surface area is 163 Å². The normalized spacial score (nSPS) is 9.91. The third-order valence-corrected chi connectivity index (χ3v) is 3.23. The van der Waals surface area contributed by atoms with Crippen molar-refractivity contribution in [3.8, 4) is 0 Å². The number of nitrogens with zero attached hydrogens (tertiary/aromatic N) is 6. The van der Waals surface area contributed by atoms with Gasteiger partial charge in [-0.15, -0.1) is 0 Å². The molecule has 0 bridgehead atoms. The zero-order valence-electron chi connectivity index (χ0n) is 12.7. The zero-order chi connectivity index (χ0) is 15.6. The van der Waals surface area contributed by atoms with E-state index in [2.05, 4.69) is 26.0 Å². The van der Waals surface area contributed by atoms with E-state index in [1.807, 2.05) is 30.2 Å². The average Bonchev–Trinajstić information content (AvgIpc) is 2.77. The van der Waals surface area contributed by atoms with E-state index < -0.39 is 0 Å². The molecule has 0 aliphatic carbocycles. The quantitative estimate of drug-likeness (QED) is 0.321. The van der Waals surface area contributed by atoms with E-state index in [0.717, 1.165) is 11.5 Å². The van der Waals surface area contributed by atoms with E-state index in [1.165, 1.54) is 0 Å². The van der Waals surface area contributed by atoms with Gasteiger partial charge in [-0.05, 0) is 6.92 Å². The molecule has 9 heteroatoms. The molecule has 6 nitrogen and oxygen atoms in total. The van der Waals surface area contributed by atoms with Crippen molar-refractivity contribution in [3.05, 3.63) is 40.5 Å². The van der Waals surface area contributed by atoms with Crippen molar-refractivity contribution < 1.29 is 37.3 Å². The Bertz CT molecular complexity index is 790. The van der Waals surface area contributed by atoms with Crippen molar-refractivity contribution in [2.24, 2.45) is 14.1 Å². The van der Waals surface area contributed by atoms with Crippen LogP contribution in [0.1, 0.15) is 11.6 Å². The number of hydrogen-bond acceptors (Lipinski definition) is 4. The van der Waals surface area contributed by atoms with Crippen LogP contribution >= 0.6 is 23.2 Å². The Kier molecular flexibility index (Phi) is 7.26. The molecule has 0 N–H and O–H groups in total. The number of fused-ring (bicyclic) bond motifs is 1. The van der Waals surface area contributed by atoms with E-state index in [-0.39, 0.29) is 32.7 Å². The van der Waals surface area contributed by atoms with Crippen LogP contribution in [0.2, 0.25) is 10.3 Å². The number of aromatic nitrogens is 6. The summed E-state index contributed by atoms with van der Waals surface area (Å²) >= 11 is 11.4. The fourth-order valence-corrected chi connectivity index (χ4v) is 2.00. The fourth-order valence-electron chi connectivity index (χ4n) is 1.57. The molecule has 0 aliphatic rings. The summed E-state index contributed by atoms with van der Waals surface area (Å²) in [6, 6.07) is 2.76. The van der Waals surface area contributed by atoms with Crippen LogP contribution in [-0.2, 0) is 46.8 Å². The smallest absolute Gasteiger partial charge is 0.290 e. The Hall–Kier alpha value is -0.686. The molecule has 0 spiro atoms. The molecule has 0 aromatic carbocycles. The number of rotatable bonds is 0. The van der Waals surface area contributed by atoms with E-state index in [1.54, 1.807) is 19.4 Å². The fraction of sp³-hybridized carbons (Fsp3) is 0.308. The molecule has 0 saturated carbocycles. The van der Waals surface area contributed by atoms with E-state index in [0.29, 0.717) is 21.6 Å². The molecule has 113 valence electrons. The molecule has 0 atom stereocenters. The molecule has 3 aromatic heterocycles. The number of halogens is 2. The molecular weight excluding hydrogens is 400 g/mol. The van der Waals surface area contributed by atoms with Gasteiger partial charge in [0.05, 0.1) is 18.5 Å². The third-order valence-electron chi connectivity index (χ3n) is 2.78. The van der Waals surface area contributed by atoms with Gasteiger partial charge in [-0.1, -0.05) is 34.4 Å². The standard InChI is InChI=1S/C7H7ClN4.C6H7ClN2.Y/c1-4-10-6(8)5-7(11-4)12(2)3-9-5;1-5-8-6(7)3-4-9(5)2;/h3H,1-2H3;4H,1-2H3;. The monoisotopic (exact) mass is 413 g/mol. The molecule has 1 radical (unpaired) electrons. The molecule has 3 rings (SSSR count). The molecule has 0 amide bonds. The van der Waals surface area contributed by atoms with Crippen LogP contribution in [0.3, 0.4) is 0 Å². The first-order valence-electron chi connectivity index (χ1n) is 6.10. The van der Waals surface area contributed by atoms with Crippen LogP contribution in [-0.4, -0.2) is 24.5 Å². The molecule has 0 aliphatic heterocycles. The second-order valence-electron chi connectivity index (χ2n) is 4.42. The first-order valence-corrected chi connectivity index (χ1v) is 6.85. The third kappa shape index (κ3) is 4.65. The summed E-state index contributed by atoms with van der Waals surface area (Å²) in [5.74, 6) is 1.55. The first kappa shape index (κ1) is 19.4. The molecule has 3 heterocycles. The summed E-state index contributed by atoms with van der Waals surface area (Å²) in [4.78, 5) is 16.2. The van der Waals surface area contributed by atoms with Gasteiger partial charge in [0.15, 0.2) is 10.8 Å². The van der Waals surface area contributed by atoms with Gasteiger partial charge in [-0.2, -0.15) is 0 Å². The summed E-state index contributed by atoms with van der Waals surface area (Å²) < 4.78 is 3.67. The van der Waals surface area contributed by atoms with Gasteiger partial charge in [0.1, 0.15) is 11.3 Å². The second-order valence-corrected chi connectivity index (χ2v) is 5.14. The predicted molar refractivity (Wildman–Crippen MR) is 80.0 cm³/mol. The van der Waals surface area contributed by atoms with Crippen LogP contribution < -0.4 is 4.57 Å². The minimum absolute atomic E-state index is 0. The maximum absolute atomic E-state index is 5.85. The minimum atomic E-state index is 0. The van der Waals surface area contributed by atoms with Crippen molar-refractivity contribution in [2.45, 2.75) is 13.8 Å². The number of imidazole rings is 1. The molecule has 0 unspecified atom stereocenters.